The van der Waals surface area contributed by atoms with Crippen molar-refractivity contribution < 1.29 is 68.3 Å². The van der Waals surface area contributed by atoms with E-state index in [1.54, 1.807) is 0 Å². The average molecular weight is 223 g/mol. The van der Waals surface area contributed by atoms with Crippen molar-refractivity contribution in [3.05, 3.63) is 0 Å². The maximum Gasteiger partial charge on any atom is 2.00 e. The normalized spacial score (nSPS) is 7.38. The maximum atomic E-state index is 8.55. The van der Waals surface area contributed by atoms with Gasteiger partial charge in [-0.3, -0.25) is 0 Å². The molecule has 0 saturated heterocycles. The van der Waals surface area contributed by atoms with Crippen LogP contribution in [0.2, 0.25) is 0 Å². The van der Waals surface area contributed by atoms with Gasteiger partial charge in [0, 0.05) is 0 Å². The number of phosphoric acid groups is 1. The Hall–Kier alpha value is 2.99. The van der Waals surface area contributed by atoms with Crippen LogP contribution in [-0.2, 0) is 24.0 Å². The Morgan fingerprint density at radius 3 is 1.12 bits per heavy atom. The minimum Gasteiger partial charge on any atom is -0.822 e. The van der Waals surface area contributed by atoms with Crippen LogP contribution in [0.4, 0.5) is 0 Å². The van der Waals surface area contributed by atoms with Crippen LogP contribution in [0.3, 0.4) is 0 Å². The van der Waals surface area contributed by atoms with Crippen molar-refractivity contribution in [2.45, 2.75) is 0 Å². The fourth-order valence-corrected chi connectivity index (χ4v) is 0. The van der Waals surface area contributed by atoms with E-state index in [9.17, 15) is 0 Å². The smallest absolute Gasteiger partial charge is 0.822 e. The van der Waals surface area contributed by atoms with Gasteiger partial charge in [0.1, 0.15) is 0 Å². The number of hydrogen-bond donors (Lipinski definition) is 0. The van der Waals surface area contributed by atoms with Gasteiger partial charge < -0.3 is 19.2 Å². The first-order valence-electron chi connectivity index (χ1n) is 0.730. The Kier molecular flexibility index (Phi) is 28.0. The van der Waals surface area contributed by atoms with E-state index in [0.717, 1.165) is 0 Å². The van der Waals surface area contributed by atoms with E-state index >= 15 is 0 Å². The fourth-order valence-electron chi connectivity index (χ4n) is 0. The van der Waals surface area contributed by atoms with Crippen molar-refractivity contribution >= 4 is 45.6 Å². The maximum absolute atomic E-state index is 8.55. The standard InChI is InChI=1S/Ca.Na.H3O4P.Zn/c;;1-5(2,3)4;/h;;(H3,1,2,3,4);/q+2;+1;;+2/p-3. The summed E-state index contributed by atoms with van der Waals surface area (Å²) in [6, 6.07) is 0. The summed E-state index contributed by atoms with van der Waals surface area (Å²) >= 11 is 0. The van der Waals surface area contributed by atoms with Crippen molar-refractivity contribution in [1.29, 1.82) is 0 Å². The van der Waals surface area contributed by atoms with Crippen molar-refractivity contribution in [2.24, 2.45) is 0 Å². The molecule has 0 unspecified atom stereocenters. The van der Waals surface area contributed by atoms with E-state index in [-0.39, 0.29) is 86.8 Å². The van der Waals surface area contributed by atoms with Gasteiger partial charge in [-0.25, -0.2) is 0 Å². The van der Waals surface area contributed by atoms with E-state index in [1.165, 1.54) is 0 Å². The van der Waals surface area contributed by atoms with Crippen molar-refractivity contribution in [3.63, 3.8) is 0 Å². The molecule has 0 fully saturated rings. The molecule has 0 radical (unpaired) electrons. The first-order chi connectivity index (χ1) is 2.00. The third-order valence-electron chi connectivity index (χ3n) is 0. The van der Waals surface area contributed by atoms with Crippen LogP contribution in [0.5, 0.6) is 0 Å². The van der Waals surface area contributed by atoms with Gasteiger partial charge in [-0.2, -0.15) is 7.82 Å². The molecule has 0 aromatic rings. The zero-order chi connectivity index (χ0) is 4.50. The van der Waals surface area contributed by atoms with E-state index in [2.05, 4.69) is 0 Å². The molecule has 0 N–H and O–H groups in total. The Balaban J connectivity index is -0.0000000267. The SMILES string of the molecule is O=P([O-])([O-])[O-].[Ca+2].[Na+].[Zn+2]. The van der Waals surface area contributed by atoms with Gasteiger partial charge in [-0.15, -0.1) is 0 Å². The summed E-state index contributed by atoms with van der Waals surface area (Å²) in [5.74, 6) is 0. The largest absolute Gasteiger partial charge is 2.00 e. The summed E-state index contributed by atoms with van der Waals surface area (Å²) in [4.78, 5) is 25.6. The molecule has 8 heavy (non-hydrogen) atoms. The second-order valence-electron chi connectivity index (χ2n) is 0.447. The van der Waals surface area contributed by atoms with Crippen LogP contribution in [0.1, 0.15) is 0 Å². The van der Waals surface area contributed by atoms with Crippen LogP contribution in [0.25, 0.3) is 0 Å². The molecule has 0 aliphatic heterocycles. The summed E-state index contributed by atoms with van der Waals surface area (Å²) < 4.78 is 8.55. The summed E-state index contributed by atoms with van der Waals surface area (Å²) in [5, 5.41) is 0. The minimum absolute atomic E-state index is 0. The molecule has 0 aliphatic rings. The van der Waals surface area contributed by atoms with Crippen LogP contribution >= 0.6 is 7.82 Å². The summed E-state index contributed by atoms with van der Waals surface area (Å²) in [6.45, 7) is 0. The number of hydrogen-bond acceptors (Lipinski definition) is 4. The third-order valence-corrected chi connectivity index (χ3v) is 0. The molecule has 0 aromatic heterocycles. The monoisotopic (exact) mass is 222 g/mol. The van der Waals surface area contributed by atoms with Crippen molar-refractivity contribution in [2.75, 3.05) is 0 Å². The second kappa shape index (κ2) is 9.99. The third kappa shape index (κ3) is 64.1. The average Bonchev–Trinajstić information content (AvgIpc) is 0.722. The molecule has 0 heterocycles. The van der Waals surface area contributed by atoms with E-state index in [4.69, 9.17) is 19.2 Å². The molecule has 8 heteroatoms. The molecule has 0 atom stereocenters. The van der Waals surface area contributed by atoms with Gasteiger partial charge in [0.15, 0.2) is 0 Å². The van der Waals surface area contributed by atoms with Gasteiger partial charge in [0.2, 0.25) is 0 Å². The van der Waals surface area contributed by atoms with Gasteiger partial charge in [-0.1, -0.05) is 0 Å². The summed E-state index contributed by atoms with van der Waals surface area (Å²) in [6.07, 6.45) is 0. The zero-order valence-electron chi connectivity index (χ0n) is 4.49. The Morgan fingerprint density at radius 2 is 1.12 bits per heavy atom. The van der Waals surface area contributed by atoms with Gasteiger partial charge in [0.05, 0.1) is 0 Å². The fraction of sp³-hybridized carbons (Fsp3) is 0. The van der Waals surface area contributed by atoms with E-state index in [0.29, 0.717) is 0 Å². The predicted octanol–water partition coefficient (Wildman–Crippen LogP) is -6.20. The molecule has 0 aliphatic carbocycles. The van der Waals surface area contributed by atoms with Gasteiger partial charge in [-0.05, 0) is 0 Å². The molecule has 0 amide bonds. The Labute approximate surface area is 112 Å². The van der Waals surface area contributed by atoms with E-state index < -0.39 is 7.82 Å². The molecule has 0 bridgehead atoms. The van der Waals surface area contributed by atoms with Crippen LogP contribution in [0, 0.1) is 0 Å². The van der Waals surface area contributed by atoms with Crippen LogP contribution in [-0.4, -0.2) is 37.7 Å². The van der Waals surface area contributed by atoms with Crippen LogP contribution < -0.4 is 44.2 Å². The molecule has 4 nitrogen and oxygen atoms in total. The minimum atomic E-state index is -5.39. The van der Waals surface area contributed by atoms with Crippen molar-refractivity contribution in [3.8, 4) is 0 Å². The second-order valence-corrected chi connectivity index (χ2v) is 1.34. The zero-order valence-corrected chi connectivity index (χ0v) is 12.6. The van der Waals surface area contributed by atoms with E-state index in [1.807, 2.05) is 0 Å². The quantitative estimate of drug-likeness (QED) is 0.302. The van der Waals surface area contributed by atoms with Crippen LogP contribution in [0.15, 0.2) is 0 Å². The molecule has 32 valence electrons. The first kappa shape index (κ1) is 22.4. The summed E-state index contributed by atoms with van der Waals surface area (Å²) in [7, 11) is -5.39. The van der Waals surface area contributed by atoms with Gasteiger partial charge in [0.25, 0.3) is 0 Å². The van der Waals surface area contributed by atoms with Crippen molar-refractivity contribution in [1.82, 2.24) is 0 Å². The molecule has 0 spiro atoms. The first-order valence-corrected chi connectivity index (χ1v) is 2.19. The molecule has 0 saturated carbocycles. The summed E-state index contributed by atoms with van der Waals surface area (Å²) in [5.41, 5.74) is 0. The Bertz CT molecular complexity index is 62.2. The molecular formula is CaNaO4PZn+2. The predicted molar refractivity (Wildman–Crippen MR) is 13.4 cm³/mol. The Morgan fingerprint density at radius 1 is 1.12 bits per heavy atom. The molecular weight excluding hydrogens is 223 g/mol. The topological polar surface area (TPSA) is 86.2 Å². The molecule has 0 aromatic carbocycles. The number of rotatable bonds is 0. The molecule has 0 rings (SSSR count). The van der Waals surface area contributed by atoms with Gasteiger partial charge >= 0.3 is 86.8 Å².